The Labute approximate surface area is 128 Å². The quantitative estimate of drug-likeness (QED) is 0.702. The van der Waals surface area contributed by atoms with Crippen LogP contribution in [-0.2, 0) is 4.79 Å². The van der Waals surface area contributed by atoms with E-state index in [2.05, 4.69) is 19.1 Å². The van der Waals surface area contributed by atoms with Crippen molar-refractivity contribution in [2.75, 3.05) is 7.11 Å². The largest absolute Gasteiger partial charge is 0.497 e. The van der Waals surface area contributed by atoms with Gasteiger partial charge in [0.15, 0.2) is 5.78 Å². The minimum Gasteiger partial charge on any atom is -0.497 e. The van der Waals surface area contributed by atoms with E-state index in [0.717, 1.165) is 31.4 Å². The number of benzene rings is 1. The van der Waals surface area contributed by atoms with Crippen molar-refractivity contribution in [3.8, 4) is 5.75 Å². The molecule has 114 valence electrons. The van der Waals surface area contributed by atoms with Gasteiger partial charge in [-0.3, -0.25) is 4.79 Å². The van der Waals surface area contributed by atoms with Crippen LogP contribution in [-0.4, -0.2) is 12.9 Å². The van der Waals surface area contributed by atoms with Crippen LogP contribution in [0.15, 0.2) is 35.9 Å². The van der Waals surface area contributed by atoms with Gasteiger partial charge in [-0.05, 0) is 55.4 Å². The third-order valence-electron chi connectivity index (χ3n) is 4.29. The molecule has 0 bridgehead atoms. The number of rotatable bonds is 7. The average molecular weight is 286 g/mol. The van der Waals surface area contributed by atoms with E-state index in [1.165, 1.54) is 30.4 Å². The molecule has 21 heavy (non-hydrogen) atoms. The van der Waals surface area contributed by atoms with Crippen LogP contribution in [0.3, 0.4) is 0 Å². The van der Waals surface area contributed by atoms with E-state index in [0.29, 0.717) is 11.7 Å². The van der Waals surface area contributed by atoms with Crippen molar-refractivity contribution in [3.05, 3.63) is 41.5 Å². The summed E-state index contributed by atoms with van der Waals surface area (Å²) in [6, 6.07) is 8.41. The summed E-state index contributed by atoms with van der Waals surface area (Å²) >= 11 is 0. The highest BCUT2D eigenvalue weighted by molar-refractivity contribution is 5.91. The number of carbonyl (C=O) groups excluding carboxylic acids is 1. The maximum absolute atomic E-state index is 11.6. The molecule has 1 atom stereocenters. The fourth-order valence-corrected chi connectivity index (χ4v) is 3.05. The molecule has 0 amide bonds. The lowest BCUT2D eigenvalue weighted by molar-refractivity contribution is -0.115. The lowest BCUT2D eigenvalue weighted by Gasteiger charge is -2.21. The molecule has 1 aliphatic carbocycles. The average Bonchev–Trinajstić information content (AvgIpc) is 2.51. The molecule has 0 N–H and O–H groups in total. The molecule has 1 aromatic carbocycles. The van der Waals surface area contributed by atoms with Gasteiger partial charge < -0.3 is 4.74 Å². The number of carbonyl (C=O) groups is 1. The Morgan fingerprint density at radius 1 is 1.19 bits per heavy atom. The zero-order valence-corrected chi connectivity index (χ0v) is 13.2. The van der Waals surface area contributed by atoms with Crippen molar-refractivity contribution in [1.82, 2.24) is 0 Å². The normalized spacial score (nSPS) is 16.5. The second-order valence-electron chi connectivity index (χ2n) is 5.94. The van der Waals surface area contributed by atoms with Gasteiger partial charge in [0.05, 0.1) is 7.11 Å². The first-order chi connectivity index (χ1) is 10.2. The molecule has 0 aromatic heterocycles. The van der Waals surface area contributed by atoms with Crippen molar-refractivity contribution in [3.63, 3.8) is 0 Å². The Balaban J connectivity index is 2.10. The van der Waals surface area contributed by atoms with Gasteiger partial charge in [-0.1, -0.05) is 37.5 Å². The number of hydrogen-bond donors (Lipinski definition) is 0. The highest BCUT2D eigenvalue weighted by Crippen LogP contribution is 2.32. The zero-order chi connectivity index (χ0) is 15.1. The first-order valence-electron chi connectivity index (χ1n) is 8.09. The third-order valence-corrected chi connectivity index (χ3v) is 4.29. The number of hydrogen-bond acceptors (Lipinski definition) is 2. The molecule has 2 heteroatoms. The van der Waals surface area contributed by atoms with Crippen LogP contribution in [0.2, 0.25) is 0 Å². The summed E-state index contributed by atoms with van der Waals surface area (Å²) in [7, 11) is 1.70. The first kappa shape index (κ1) is 15.8. The minimum absolute atomic E-state index is 0.306. The molecular weight excluding hydrogens is 260 g/mol. The third kappa shape index (κ3) is 4.73. The summed E-state index contributed by atoms with van der Waals surface area (Å²) in [6.45, 7) is 2.23. The van der Waals surface area contributed by atoms with Gasteiger partial charge >= 0.3 is 0 Å². The van der Waals surface area contributed by atoms with Crippen LogP contribution < -0.4 is 4.74 Å². The molecule has 0 fully saturated rings. The van der Waals surface area contributed by atoms with Crippen molar-refractivity contribution in [2.45, 2.75) is 57.8 Å². The molecule has 2 rings (SSSR count). The summed E-state index contributed by atoms with van der Waals surface area (Å²) in [5.41, 5.74) is 2.70. The summed E-state index contributed by atoms with van der Waals surface area (Å²) in [5.74, 6) is 1.73. The maximum atomic E-state index is 11.6. The molecule has 0 saturated carbocycles. The molecule has 0 radical (unpaired) electrons. The maximum Gasteiger partial charge on any atom is 0.155 e. The van der Waals surface area contributed by atoms with E-state index in [4.69, 9.17) is 4.74 Å². The molecule has 1 aliphatic rings. The molecule has 0 aliphatic heterocycles. The van der Waals surface area contributed by atoms with Gasteiger partial charge in [-0.2, -0.15) is 0 Å². The van der Waals surface area contributed by atoms with E-state index in [1.807, 2.05) is 18.2 Å². The van der Waals surface area contributed by atoms with Crippen LogP contribution >= 0.6 is 0 Å². The van der Waals surface area contributed by atoms with Gasteiger partial charge in [0, 0.05) is 6.42 Å². The van der Waals surface area contributed by atoms with E-state index in [-0.39, 0.29) is 0 Å². The Bertz CT molecular complexity index is 485. The van der Waals surface area contributed by atoms with Crippen LogP contribution in [0.25, 0.3) is 0 Å². The van der Waals surface area contributed by atoms with Crippen LogP contribution in [0.1, 0.15) is 63.4 Å². The second kappa shape index (κ2) is 8.02. The van der Waals surface area contributed by atoms with E-state index in [9.17, 15) is 4.79 Å². The van der Waals surface area contributed by atoms with E-state index < -0.39 is 0 Å². The summed E-state index contributed by atoms with van der Waals surface area (Å²) in [6.07, 6.45) is 9.39. The van der Waals surface area contributed by atoms with Crippen molar-refractivity contribution >= 4 is 5.78 Å². The first-order valence-corrected chi connectivity index (χ1v) is 8.09. The topological polar surface area (TPSA) is 26.3 Å². The molecule has 1 aromatic rings. The standard InChI is InChI=1S/C19H26O2/c1-3-4-7-17(13-15-6-5-8-18(20)14-15)16-9-11-19(21-2)12-10-16/h9-12,14,17H,3-8,13H2,1-2H3/t17-/m1/s1. The number of ketones is 1. The highest BCUT2D eigenvalue weighted by Gasteiger charge is 2.17. The van der Waals surface area contributed by atoms with Crippen LogP contribution in [0, 0.1) is 0 Å². The van der Waals surface area contributed by atoms with E-state index >= 15 is 0 Å². The number of unbranched alkanes of at least 4 members (excludes halogenated alkanes) is 1. The molecule has 0 saturated heterocycles. The molecule has 0 spiro atoms. The number of methoxy groups -OCH3 is 1. The van der Waals surface area contributed by atoms with Gasteiger partial charge in [-0.25, -0.2) is 0 Å². The Hall–Kier alpha value is -1.57. The SMILES string of the molecule is CCCC[C@H](CC1=CC(=O)CCC1)c1ccc(OC)cc1. The fourth-order valence-electron chi connectivity index (χ4n) is 3.05. The smallest absolute Gasteiger partial charge is 0.155 e. The van der Waals surface area contributed by atoms with Crippen molar-refractivity contribution in [1.29, 1.82) is 0 Å². The fraction of sp³-hybridized carbons (Fsp3) is 0.526. The lowest BCUT2D eigenvalue weighted by Crippen LogP contribution is -2.07. The highest BCUT2D eigenvalue weighted by atomic mass is 16.5. The van der Waals surface area contributed by atoms with Crippen molar-refractivity contribution < 1.29 is 9.53 Å². The molecule has 2 nitrogen and oxygen atoms in total. The summed E-state index contributed by atoms with van der Waals surface area (Å²) in [4.78, 5) is 11.6. The molecule has 0 unspecified atom stereocenters. The predicted molar refractivity (Wildman–Crippen MR) is 86.8 cm³/mol. The Kier molecular flexibility index (Phi) is 6.04. The van der Waals surface area contributed by atoms with E-state index in [1.54, 1.807) is 7.11 Å². The van der Waals surface area contributed by atoms with Gasteiger partial charge in [0.2, 0.25) is 0 Å². The summed E-state index contributed by atoms with van der Waals surface area (Å²) < 4.78 is 5.24. The van der Waals surface area contributed by atoms with Crippen molar-refractivity contribution in [2.24, 2.45) is 0 Å². The van der Waals surface area contributed by atoms with Crippen LogP contribution in [0.5, 0.6) is 5.75 Å². The number of ether oxygens (including phenoxy) is 1. The molecular formula is C19H26O2. The number of allylic oxidation sites excluding steroid dienone is 2. The monoisotopic (exact) mass is 286 g/mol. The van der Waals surface area contributed by atoms with Gasteiger partial charge in [0.1, 0.15) is 5.75 Å². The predicted octanol–water partition coefficient (Wildman–Crippen LogP) is 5.04. The van der Waals surface area contributed by atoms with Gasteiger partial charge in [-0.15, -0.1) is 0 Å². The Morgan fingerprint density at radius 3 is 2.57 bits per heavy atom. The second-order valence-corrected chi connectivity index (χ2v) is 5.94. The lowest BCUT2D eigenvalue weighted by atomic mass is 9.84. The minimum atomic E-state index is 0.306. The summed E-state index contributed by atoms with van der Waals surface area (Å²) in [5, 5.41) is 0. The zero-order valence-electron chi connectivity index (χ0n) is 13.2. The van der Waals surface area contributed by atoms with Gasteiger partial charge in [0.25, 0.3) is 0 Å². The molecule has 0 heterocycles. The van der Waals surface area contributed by atoms with Crippen LogP contribution in [0.4, 0.5) is 0 Å². The Morgan fingerprint density at radius 2 is 1.95 bits per heavy atom.